The van der Waals surface area contributed by atoms with Crippen LogP contribution in [0.4, 0.5) is 5.69 Å². The highest BCUT2D eigenvalue weighted by molar-refractivity contribution is 5.62. The third kappa shape index (κ3) is 2.44. The number of hydrogen-bond acceptors (Lipinski definition) is 3. The third-order valence-corrected chi connectivity index (χ3v) is 6.43. The third-order valence-electron chi connectivity index (χ3n) is 6.43. The Hall–Kier alpha value is -2.00. The van der Waals surface area contributed by atoms with E-state index in [1.807, 2.05) is 0 Å². The van der Waals surface area contributed by atoms with Crippen molar-refractivity contribution in [1.82, 2.24) is 4.90 Å². The molecule has 2 aromatic rings. The van der Waals surface area contributed by atoms with Crippen LogP contribution in [0, 0.1) is 5.92 Å². The van der Waals surface area contributed by atoms with Crippen LogP contribution in [0.2, 0.25) is 0 Å². The second-order valence-electron chi connectivity index (χ2n) is 7.68. The number of fused-ring (bicyclic) bond motifs is 6. The average Bonchev–Trinajstić information content (AvgIpc) is 3.29. The van der Waals surface area contributed by atoms with Gasteiger partial charge >= 0.3 is 0 Å². The molecule has 0 aliphatic carbocycles. The molecule has 0 aromatic heterocycles. The Morgan fingerprint density at radius 3 is 2.76 bits per heavy atom. The molecule has 3 nitrogen and oxygen atoms in total. The number of rotatable bonds is 3. The molecule has 0 spiro atoms. The summed E-state index contributed by atoms with van der Waals surface area (Å²) in [5.41, 5.74) is 4.35. The Labute approximate surface area is 150 Å². The van der Waals surface area contributed by atoms with Crippen molar-refractivity contribution in [2.24, 2.45) is 5.92 Å². The zero-order valence-corrected chi connectivity index (χ0v) is 14.9. The topological polar surface area (TPSA) is 15.7 Å². The summed E-state index contributed by atoms with van der Waals surface area (Å²) < 4.78 is 5.56. The van der Waals surface area contributed by atoms with Gasteiger partial charge in [-0.1, -0.05) is 30.3 Å². The van der Waals surface area contributed by atoms with E-state index in [4.69, 9.17) is 4.74 Å². The van der Waals surface area contributed by atoms with Gasteiger partial charge in [-0.2, -0.15) is 0 Å². The standard InChI is InChI=1S/C22H26N2O/c1-25-17-9-10-21-19(14-17)22-18(20-8-5-12-24(20)21)11-13-23(22)15-16-6-3-2-4-7-16/h2-4,6-7,9-10,14,18,20,22H,5,8,11-13,15H2,1H3/t18-,20-,22-/m1/s1. The summed E-state index contributed by atoms with van der Waals surface area (Å²) in [5.74, 6) is 1.74. The summed E-state index contributed by atoms with van der Waals surface area (Å²) in [6, 6.07) is 18.9. The molecule has 25 heavy (non-hydrogen) atoms. The van der Waals surface area contributed by atoms with Gasteiger partial charge in [-0.15, -0.1) is 0 Å². The number of anilines is 1. The van der Waals surface area contributed by atoms with Crippen molar-refractivity contribution in [3.8, 4) is 5.75 Å². The fourth-order valence-corrected chi connectivity index (χ4v) is 5.40. The molecule has 0 N–H and O–H groups in total. The summed E-state index contributed by atoms with van der Waals surface area (Å²) in [5, 5.41) is 0. The largest absolute Gasteiger partial charge is 0.497 e. The van der Waals surface area contributed by atoms with Crippen molar-refractivity contribution in [1.29, 1.82) is 0 Å². The minimum atomic E-state index is 0.532. The highest BCUT2D eigenvalue weighted by atomic mass is 16.5. The van der Waals surface area contributed by atoms with Gasteiger partial charge in [0.15, 0.2) is 0 Å². The first-order chi connectivity index (χ1) is 12.3. The Morgan fingerprint density at radius 1 is 1.04 bits per heavy atom. The van der Waals surface area contributed by atoms with Gasteiger partial charge in [0.1, 0.15) is 5.75 Å². The van der Waals surface area contributed by atoms with Crippen molar-refractivity contribution in [3.05, 3.63) is 59.7 Å². The van der Waals surface area contributed by atoms with Gasteiger partial charge in [0.2, 0.25) is 0 Å². The first-order valence-electron chi connectivity index (χ1n) is 9.58. The fourth-order valence-electron chi connectivity index (χ4n) is 5.40. The normalized spacial score (nSPS) is 27.7. The minimum Gasteiger partial charge on any atom is -0.497 e. The maximum atomic E-state index is 5.56. The van der Waals surface area contributed by atoms with Crippen molar-refractivity contribution >= 4 is 5.69 Å². The monoisotopic (exact) mass is 334 g/mol. The Bertz CT molecular complexity index is 760. The highest BCUT2D eigenvalue weighted by Crippen LogP contribution is 2.52. The molecule has 0 unspecified atom stereocenters. The lowest BCUT2D eigenvalue weighted by Crippen LogP contribution is -2.43. The second kappa shape index (κ2) is 6.06. The first kappa shape index (κ1) is 15.3. The number of likely N-dealkylation sites (tertiary alicyclic amines) is 1. The summed E-state index contributed by atoms with van der Waals surface area (Å²) in [7, 11) is 1.77. The van der Waals surface area contributed by atoms with Gasteiger partial charge in [0, 0.05) is 36.8 Å². The smallest absolute Gasteiger partial charge is 0.119 e. The van der Waals surface area contributed by atoms with Crippen LogP contribution in [0.5, 0.6) is 5.75 Å². The van der Waals surface area contributed by atoms with Gasteiger partial charge in [-0.05, 0) is 55.1 Å². The Morgan fingerprint density at radius 2 is 1.92 bits per heavy atom. The molecule has 2 aromatic carbocycles. The zero-order valence-electron chi connectivity index (χ0n) is 14.9. The first-order valence-corrected chi connectivity index (χ1v) is 9.58. The molecule has 0 saturated carbocycles. The van der Waals surface area contributed by atoms with Crippen LogP contribution in [0.25, 0.3) is 0 Å². The van der Waals surface area contributed by atoms with Crippen LogP contribution >= 0.6 is 0 Å². The van der Waals surface area contributed by atoms with Crippen molar-refractivity contribution in [2.75, 3.05) is 25.1 Å². The molecule has 3 heterocycles. The molecule has 0 bridgehead atoms. The van der Waals surface area contributed by atoms with Gasteiger partial charge in [0.25, 0.3) is 0 Å². The molecule has 3 atom stereocenters. The van der Waals surface area contributed by atoms with Gasteiger partial charge in [-0.25, -0.2) is 0 Å². The lowest BCUT2D eigenvalue weighted by Gasteiger charge is -2.43. The maximum absolute atomic E-state index is 5.56. The van der Waals surface area contributed by atoms with Crippen molar-refractivity contribution < 1.29 is 4.74 Å². The molecule has 2 saturated heterocycles. The van der Waals surface area contributed by atoms with E-state index >= 15 is 0 Å². The van der Waals surface area contributed by atoms with Crippen LogP contribution in [-0.4, -0.2) is 31.1 Å². The van der Waals surface area contributed by atoms with Crippen molar-refractivity contribution in [2.45, 2.75) is 37.9 Å². The molecule has 3 aliphatic rings. The van der Waals surface area contributed by atoms with E-state index in [0.717, 1.165) is 24.3 Å². The van der Waals surface area contributed by atoms with Gasteiger partial charge < -0.3 is 9.64 Å². The van der Waals surface area contributed by atoms with E-state index in [2.05, 4.69) is 58.3 Å². The summed E-state index contributed by atoms with van der Waals surface area (Å²) >= 11 is 0. The van der Waals surface area contributed by atoms with Crippen LogP contribution < -0.4 is 9.64 Å². The number of hydrogen-bond donors (Lipinski definition) is 0. The Balaban J connectivity index is 1.55. The van der Waals surface area contributed by atoms with Crippen LogP contribution in [0.15, 0.2) is 48.5 Å². The van der Waals surface area contributed by atoms with Crippen molar-refractivity contribution in [3.63, 3.8) is 0 Å². The zero-order chi connectivity index (χ0) is 16.8. The Kier molecular flexibility index (Phi) is 3.70. The van der Waals surface area contributed by atoms with Crippen LogP contribution in [-0.2, 0) is 6.54 Å². The highest BCUT2D eigenvalue weighted by Gasteiger charge is 2.48. The molecular formula is C22H26N2O. The van der Waals surface area contributed by atoms with E-state index in [-0.39, 0.29) is 0 Å². The number of benzene rings is 2. The maximum Gasteiger partial charge on any atom is 0.119 e. The van der Waals surface area contributed by atoms with E-state index in [1.54, 1.807) is 7.11 Å². The lowest BCUT2D eigenvalue weighted by atomic mass is 9.81. The average molecular weight is 334 g/mol. The summed E-state index contributed by atoms with van der Waals surface area (Å²) in [6.07, 6.45) is 4.00. The fraction of sp³-hybridized carbons (Fsp3) is 0.455. The van der Waals surface area contributed by atoms with Crippen LogP contribution in [0.3, 0.4) is 0 Å². The molecule has 5 rings (SSSR count). The predicted molar refractivity (Wildman–Crippen MR) is 101 cm³/mol. The summed E-state index contributed by atoms with van der Waals surface area (Å²) in [6.45, 7) is 3.46. The van der Waals surface area contributed by atoms with Gasteiger partial charge in [-0.3, -0.25) is 4.90 Å². The van der Waals surface area contributed by atoms with Crippen LogP contribution in [0.1, 0.15) is 36.4 Å². The quantitative estimate of drug-likeness (QED) is 0.835. The van der Waals surface area contributed by atoms with E-state index in [1.165, 1.54) is 49.2 Å². The number of nitrogens with zero attached hydrogens (tertiary/aromatic N) is 2. The van der Waals surface area contributed by atoms with E-state index in [0.29, 0.717) is 6.04 Å². The molecule has 130 valence electrons. The minimum absolute atomic E-state index is 0.532. The van der Waals surface area contributed by atoms with E-state index < -0.39 is 0 Å². The molecule has 3 aliphatic heterocycles. The number of methoxy groups -OCH3 is 1. The molecule has 3 heteroatoms. The second-order valence-corrected chi connectivity index (χ2v) is 7.68. The predicted octanol–water partition coefficient (Wildman–Crippen LogP) is 4.24. The summed E-state index contributed by atoms with van der Waals surface area (Å²) in [4.78, 5) is 5.38. The molecule has 2 fully saturated rings. The van der Waals surface area contributed by atoms with Gasteiger partial charge in [0.05, 0.1) is 7.11 Å². The molecular weight excluding hydrogens is 308 g/mol. The molecule has 0 radical (unpaired) electrons. The number of ether oxygens (including phenoxy) is 1. The van der Waals surface area contributed by atoms with E-state index in [9.17, 15) is 0 Å². The SMILES string of the molecule is COc1ccc2c(c1)[C@H]1[C@H](CCN1Cc1ccccc1)[C@H]1CCCN21. The lowest BCUT2D eigenvalue weighted by molar-refractivity contribution is 0.199. The molecule has 0 amide bonds.